The van der Waals surface area contributed by atoms with Gasteiger partial charge in [0, 0.05) is 5.69 Å². The Labute approximate surface area is 121 Å². The first kappa shape index (κ1) is 15.0. The second-order valence-electron chi connectivity index (χ2n) is 4.81. The minimum Gasteiger partial charge on any atom is -0.490 e. The number of benzene rings is 1. The van der Waals surface area contributed by atoms with Crippen LogP contribution in [0.2, 0.25) is 0 Å². The van der Waals surface area contributed by atoms with Gasteiger partial charge >= 0.3 is 5.97 Å². The predicted molar refractivity (Wildman–Crippen MR) is 75.2 cm³/mol. The smallest absolute Gasteiger partial charge is 0.335 e. The Hall–Kier alpha value is -2.37. The predicted octanol–water partition coefficient (Wildman–Crippen LogP) is 2.88. The normalized spacial score (nSPS) is 10.6. The third kappa shape index (κ3) is 3.59. The zero-order valence-corrected chi connectivity index (χ0v) is 11.9. The van der Waals surface area contributed by atoms with E-state index in [2.05, 4.69) is 10.2 Å². The van der Waals surface area contributed by atoms with Crippen LogP contribution in [-0.2, 0) is 6.42 Å². The summed E-state index contributed by atoms with van der Waals surface area (Å²) in [6.07, 6.45) is 1.46. The number of rotatable bonds is 6. The molecule has 0 saturated carbocycles. The third-order valence-corrected chi connectivity index (χ3v) is 3.29. The van der Waals surface area contributed by atoms with Crippen molar-refractivity contribution in [2.24, 2.45) is 0 Å². The van der Waals surface area contributed by atoms with Gasteiger partial charge in [0.05, 0.1) is 17.9 Å². The highest BCUT2D eigenvalue weighted by Gasteiger charge is 2.10. The molecule has 0 radical (unpaired) electrons. The van der Waals surface area contributed by atoms with Crippen molar-refractivity contribution >= 4 is 5.97 Å². The molecule has 0 fully saturated rings. The third-order valence-electron chi connectivity index (χ3n) is 3.29. The Morgan fingerprint density at radius 3 is 2.81 bits per heavy atom. The number of nitrogens with zero attached hydrogens (tertiary/aromatic N) is 1. The Kier molecular flexibility index (Phi) is 4.57. The molecule has 1 aromatic heterocycles. The van der Waals surface area contributed by atoms with Gasteiger partial charge in [0.15, 0.2) is 11.6 Å². The number of aromatic nitrogens is 2. The van der Waals surface area contributed by atoms with Crippen LogP contribution in [-0.4, -0.2) is 27.9 Å². The van der Waals surface area contributed by atoms with E-state index in [1.165, 1.54) is 12.1 Å². The molecule has 0 bridgehead atoms. The van der Waals surface area contributed by atoms with Crippen molar-refractivity contribution in [3.63, 3.8) is 0 Å². The van der Waals surface area contributed by atoms with E-state index >= 15 is 0 Å². The maximum absolute atomic E-state index is 13.5. The second kappa shape index (κ2) is 6.39. The Morgan fingerprint density at radius 2 is 2.19 bits per heavy atom. The fourth-order valence-corrected chi connectivity index (χ4v) is 2.12. The number of halogens is 1. The van der Waals surface area contributed by atoms with Crippen LogP contribution in [0, 0.1) is 19.7 Å². The number of ether oxygens (including phenoxy) is 1. The molecule has 1 heterocycles. The fourth-order valence-electron chi connectivity index (χ4n) is 2.12. The molecule has 21 heavy (non-hydrogen) atoms. The van der Waals surface area contributed by atoms with Gasteiger partial charge in [-0.15, -0.1) is 0 Å². The number of aryl methyl sites for hydroxylation is 2. The minimum atomic E-state index is -1.11. The van der Waals surface area contributed by atoms with Crippen molar-refractivity contribution in [2.45, 2.75) is 26.7 Å². The summed E-state index contributed by atoms with van der Waals surface area (Å²) in [4.78, 5) is 10.8. The van der Waals surface area contributed by atoms with E-state index in [0.717, 1.165) is 29.4 Å². The number of hydrogen-bond donors (Lipinski definition) is 2. The number of carbonyl (C=O) groups is 1. The van der Waals surface area contributed by atoms with Gasteiger partial charge in [-0.1, -0.05) is 0 Å². The van der Waals surface area contributed by atoms with Crippen LogP contribution < -0.4 is 4.74 Å². The molecule has 0 unspecified atom stereocenters. The van der Waals surface area contributed by atoms with E-state index in [1.807, 2.05) is 13.8 Å². The molecule has 0 amide bonds. The lowest BCUT2D eigenvalue weighted by Crippen LogP contribution is -2.04. The summed E-state index contributed by atoms with van der Waals surface area (Å²) in [6.45, 7) is 4.19. The first-order valence-electron chi connectivity index (χ1n) is 6.65. The lowest BCUT2D eigenvalue weighted by Gasteiger charge is -2.08. The van der Waals surface area contributed by atoms with E-state index in [0.29, 0.717) is 13.0 Å². The zero-order chi connectivity index (χ0) is 15.4. The lowest BCUT2D eigenvalue weighted by atomic mass is 10.1. The van der Waals surface area contributed by atoms with E-state index in [4.69, 9.17) is 9.84 Å². The Balaban J connectivity index is 1.92. The average Bonchev–Trinajstić information content (AvgIpc) is 2.76. The van der Waals surface area contributed by atoms with Crippen LogP contribution in [0.5, 0.6) is 5.75 Å². The van der Waals surface area contributed by atoms with Gasteiger partial charge in [-0.2, -0.15) is 5.10 Å². The molecule has 0 spiro atoms. The molecule has 0 atom stereocenters. The summed E-state index contributed by atoms with van der Waals surface area (Å²) >= 11 is 0. The van der Waals surface area contributed by atoms with Crippen LogP contribution in [0.25, 0.3) is 0 Å². The number of carboxylic acid groups (broad SMARTS) is 1. The van der Waals surface area contributed by atoms with Gasteiger partial charge in [0.1, 0.15) is 0 Å². The van der Waals surface area contributed by atoms with E-state index in [9.17, 15) is 9.18 Å². The molecular formula is C15H17FN2O3. The molecule has 0 aliphatic rings. The summed E-state index contributed by atoms with van der Waals surface area (Å²) in [5.41, 5.74) is 3.12. The second-order valence-corrected chi connectivity index (χ2v) is 4.81. The summed E-state index contributed by atoms with van der Waals surface area (Å²) in [5.74, 6) is -1.70. The highest BCUT2D eigenvalue weighted by atomic mass is 19.1. The van der Waals surface area contributed by atoms with Crippen molar-refractivity contribution in [3.05, 3.63) is 46.5 Å². The summed E-state index contributed by atoms with van der Waals surface area (Å²) < 4.78 is 18.9. The maximum Gasteiger partial charge on any atom is 0.335 e. The Bertz CT molecular complexity index is 633. The van der Waals surface area contributed by atoms with Gasteiger partial charge in [-0.25, -0.2) is 9.18 Å². The van der Waals surface area contributed by atoms with Crippen LogP contribution in [0.3, 0.4) is 0 Å². The van der Waals surface area contributed by atoms with Gasteiger partial charge < -0.3 is 9.84 Å². The number of nitrogens with one attached hydrogen (secondary N) is 1. The quantitative estimate of drug-likeness (QED) is 0.803. The summed E-state index contributed by atoms with van der Waals surface area (Å²) in [6, 6.07) is 3.51. The number of aromatic carboxylic acids is 1. The molecule has 0 saturated heterocycles. The van der Waals surface area contributed by atoms with Crippen molar-refractivity contribution in [1.29, 1.82) is 0 Å². The first-order valence-corrected chi connectivity index (χ1v) is 6.65. The highest BCUT2D eigenvalue weighted by Crippen LogP contribution is 2.19. The maximum atomic E-state index is 13.5. The fraction of sp³-hybridized carbons (Fsp3) is 0.333. The molecular weight excluding hydrogens is 275 g/mol. The first-order chi connectivity index (χ1) is 9.99. The SMILES string of the molecule is Cc1n[nH]c(C)c1CCCOc1cc(C(=O)O)ccc1F. The molecule has 6 heteroatoms. The van der Waals surface area contributed by atoms with Crippen molar-refractivity contribution in [1.82, 2.24) is 10.2 Å². The van der Waals surface area contributed by atoms with E-state index in [1.54, 1.807) is 0 Å². The van der Waals surface area contributed by atoms with Crippen molar-refractivity contribution < 1.29 is 19.0 Å². The van der Waals surface area contributed by atoms with Gasteiger partial charge in [0.25, 0.3) is 0 Å². The number of carboxylic acids is 1. The monoisotopic (exact) mass is 292 g/mol. The van der Waals surface area contributed by atoms with Crippen molar-refractivity contribution in [3.8, 4) is 5.75 Å². The molecule has 2 rings (SSSR count). The van der Waals surface area contributed by atoms with Gasteiger partial charge in [0.2, 0.25) is 0 Å². The topological polar surface area (TPSA) is 75.2 Å². The van der Waals surface area contributed by atoms with Crippen LogP contribution >= 0.6 is 0 Å². The highest BCUT2D eigenvalue weighted by molar-refractivity contribution is 5.88. The summed E-state index contributed by atoms with van der Waals surface area (Å²) in [5, 5.41) is 15.9. The van der Waals surface area contributed by atoms with E-state index < -0.39 is 11.8 Å². The van der Waals surface area contributed by atoms with Crippen molar-refractivity contribution in [2.75, 3.05) is 6.61 Å². The van der Waals surface area contributed by atoms with Crippen LogP contribution in [0.4, 0.5) is 4.39 Å². The standard InChI is InChI=1S/C15H17FN2O3/c1-9-12(10(2)18-17-9)4-3-7-21-14-8-11(15(19)20)5-6-13(14)16/h5-6,8H,3-4,7H2,1-2H3,(H,17,18)(H,19,20). The number of H-pyrrole nitrogens is 1. The lowest BCUT2D eigenvalue weighted by molar-refractivity contribution is 0.0696. The molecule has 112 valence electrons. The molecule has 0 aliphatic heterocycles. The van der Waals surface area contributed by atoms with Gasteiger partial charge in [-0.05, 0) is 50.5 Å². The zero-order valence-electron chi connectivity index (χ0n) is 11.9. The van der Waals surface area contributed by atoms with Crippen LogP contribution in [0.1, 0.15) is 33.7 Å². The van der Waals surface area contributed by atoms with Gasteiger partial charge in [-0.3, -0.25) is 5.10 Å². The molecule has 5 nitrogen and oxygen atoms in total. The van der Waals surface area contributed by atoms with E-state index in [-0.39, 0.29) is 11.3 Å². The summed E-state index contributed by atoms with van der Waals surface area (Å²) in [7, 11) is 0. The largest absolute Gasteiger partial charge is 0.490 e. The number of hydrogen-bond acceptors (Lipinski definition) is 3. The molecule has 2 N–H and O–H groups in total. The molecule has 1 aromatic carbocycles. The molecule has 2 aromatic rings. The Morgan fingerprint density at radius 1 is 1.43 bits per heavy atom. The molecule has 0 aliphatic carbocycles. The van der Waals surface area contributed by atoms with Crippen LogP contribution in [0.15, 0.2) is 18.2 Å². The minimum absolute atomic E-state index is 0.00734. The number of aromatic amines is 1. The average molecular weight is 292 g/mol.